The molecule has 0 atom stereocenters. The Labute approximate surface area is 137 Å². The van der Waals surface area contributed by atoms with Crippen molar-refractivity contribution in [2.45, 2.75) is 11.8 Å². The Hall–Kier alpha value is -0.570. The number of alkyl halides is 2. The van der Waals surface area contributed by atoms with Crippen LogP contribution in [-0.4, -0.2) is 11.8 Å². The van der Waals surface area contributed by atoms with E-state index >= 15 is 0 Å². The fourth-order valence-electron chi connectivity index (χ4n) is 2.22. The van der Waals surface area contributed by atoms with Crippen molar-refractivity contribution >= 4 is 39.1 Å². The first kappa shape index (κ1) is 15.8. The molecule has 0 aliphatic heterocycles. The smallest absolute Gasteiger partial charge is 0.137 e. The molecule has 2 aromatic rings. The normalized spacial score (nSPS) is 11.6. The van der Waals surface area contributed by atoms with Crippen LogP contribution in [0.2, 0.25) is 0 Å². The maximum atomic E-state index is 13.3. The molecule has 2 rings (SSSR count). The Morgan fingerprint density at radius 2 is 1.65 bits per heavy atom. The first-order valence-electron chi connectivity index (χ1n) is 6.23. The maximum Gasteiger partial charge on any atom is 0.137 e. The maximum absolute atomic E-state index is 13.3. The summed E-state index contributed by atoms with van der Waals surface area (Å²) in [7, 11) is 0. The summed E-state index contributed by atoms with van der Waals surface area (Å²) in [6, 6.07) is 15.0. The Morgan fingerprint density at radius 3 is 2.20 bits per heavy atom. The summed E-state index contributed by atoms with van der Waals surface area (Å²) >= 11 is 15.6. The molecule has 0 aliphatic carbocycles. The third kappa shape index (κ3) is 3.36. The van der Waals surface area contributed by atoms with Gasteiger partial charge < -0.3 is 0 Å². The van der Waals surface area contributed by atoms with Gasteiger partial charge in [0.25, 0.3) is 0 Å². The van der Waals surface area contributed by atoms with Crippen LogP contribution in [0.4, 0.5) is 4.39 Å². The molecule has 0 unspecified atom stereocenters. The van der Waals surface area contributed by atoms with Gasteiger partial charge in [0.2, 0.25) is 0 Å². The van der Waals surface area contributed by atoms with Crippen LogP contribution >= 0.6 is 39.1 Å². The van der Waals surface area contributed by atoms with E-state index in [-0.39, 0.29) is 11.2 Å². The van der Waals surface area contributed by atoms with Crippen LogP contribution in [0.3, 0.4) is 0 Å². The van der Waals surface area contributed by atoms with Gasteiger partial charge in [-0.1, -0.05) is 36.4 Å². The van der Waals surface area contributed by atoms with Crippen LogP contribution in [0.1, 0.15) is 11.1 Å². The van der Waals surface area contributed by atoms with E-state index in [1.54, 1.807) is 12.1 Å². The third-order valence-electron chi connectivity index (χ3n) is 3.42. The second-order valence-corrected chi connectivity index (χ2v) is 6.23. The Kier molecular flexibility index (Phi) is 5.48. The predicted octanol–water partition coefficient (Wildman–Crippen LogP) is 5.55. The zero-order valence-corrected chi connectivity index (χ0v) is 13.8. The minimum Gasteiger partial charge on any atom is -0.206 e. The highest BCUT2D eigenvalue weighted by molar-refractivity contribution is 9.10. The molecule has 0 heterocycles. The fraction of sp³-hybridized carbons (Fsp3) is 0.250. The van der Waals surface area contributed by atoms with E-state index < -0.39 is 0 Å². The zero-order chi connectivity index (χ0) is 14.6. The van der Waals surface area contributed by atoms with E-state index in [1.807, 2.05) is 30.3 Å². The van der Waals surface area contributed by atoms with Crippen molar-refractivity contribution in [2.75, 3.05) is 11.8 Å². The summed E-state index contributed by atoms with van der Waals surface area (Å²) in [6.07, 6.45) is 0.670. The van der Waals surface area contributed by atoms with Crippen molar-refractivity contribution in [2.24, 2.45) is 0 Å². The quantitative estimate of drug-likeness (QED) is 0.601. The predicted molar refractivity (Wildman–Crippen MR) is 87.4 cm³/mol. The molecule has 0 spiro atoms. The molecule has 2 aromatic carbocycles. The summed E-state index contributed by atoms with van der Waals surface area (Å²) in [5, 5.41) is 0. The van der Waals surface area contributed by atoms with Crippen LogP contribution in [-0.2, 0) is 11.8 Å². The van der Waals surface area contributed by atoms with Crippen LogP contribution in [0, 0.1) is 5.82 Å². The topological polar surface area (TPSA) is 0 Å². The van der Waals surface area contributed by atoms with Crippen molar-refractivity contribution in [1.82, 2.24) is 0 Å². The van der Waals surface area contributed by atoms with Gasteiger partial charge in [-0.3, -0.25) is 0 Å². The fourth-order valence-corrected chi connectivity index (χ4v) is 3.43. The number of halogens is 4. The van der Waals surface area contributed by atoms with E-state index in [0.717, 1.165) is 11.1 Å². The van der Waals surface area contributed by atoms with Crippen LogP contribution in [0.15, 0.2) is 53.0 Å². The van der Waals surface area contributed by atoms with Crippen LogP contribution < -0.4 is 0 Å². The van der Waals surface area contributed by atoms with Gasteiger partial charge in [-0.05, 0) is 45.6 Å². The van der Waals surface area contributed by atoms with E-state index in [0.29, 0.717) is 22.7 Å². The molecule has 0 fully saturated rings. The molecule has 4 heteroatoms. The zero-order valence-electron chi connectivity index (χ0n) is 10.8. The van der Waals surface area contributed by atoms with Crippen molar-refractivity contribution in [1.29, 1.82) is 0 Å². The highest BCUT2D eigenvalue weighted by Gasteiger charge is 2.31. The molecule has 0 radical (unpaired) electrons. The summed E-state index contributed by atoms with van der Waals surface area (Å²) < 4.78 is 13.8. The van der Waals surface area contributed by atoms with Crippen molar-refractivity contribution in [3.8, 4) is 0 Å². The van der Waals surface area contributed by atoms with Gasteiger partial charge >= 0.3 is 0 Å². The first-order chi connectivity index (χ1) is 9.61. The third-order valence-corrected chi connectivity index (χ3v) is 5.06. The van der Waals surface area contributed by atoms with E-state index in [9.17, 15) is 4.39 Å². The lowest BCUT2D eigenvalue weighted by Crippen LogP contribution is -2.33. The molecule has 0 bridgehead atoms. The van der Waals surface area contributed by atoms with E-state index in [2.05, 4.69) is 15.9 Å². The SMILES string of the molecule is Fc1ccc(CC(CCl)(CCl)c2ccccc2)cc1Br. The molecule has 0 saturated carbocycles. The van der Waals surface area contributed by atoms with Crippen molar-refractivity contribution in [3.05, 3.63) is 69.9 Å². The summed E-state index contributed by atoms with van der Waals surface area (Å²) in [4.78, 5) is 0. The molecule has 0 amide bonds. The average Bonchev–Trinajstić information content (AvgIpc) is 2.49. The van der Waals surface area contributed by atoms with Crippen molar-refractivity contribution < 1.29 is 4.39 Å². The average molecular weight is 376 g/mol. The van der Waals surface area contributed by atoms with Crippen LogP contribution in [0.5, 0.6) is 0 Å². The van der Waals surface area contributed by atoms with Gasteiger partial charge in [0.1, 0.15) is 5.82 Å². The lowest BCUT2D eigenvalue weighted by atomic mass is 9.79. The van der Waals surface area contributed by atoms with Gasteiger partial charge in [-0.25, -0.2) is 4.39 Å². The lowest BCUT2D eigenvalue weighted by molar-refractivity contribution is 0.534. The number of rotatable bonds is 5. The number of benzene rings is 2. The molecule has 0 aromatic heterocycles. The summed E-state index contributed by atoms with van der Waals surface area (Å²) in [5.74, 6) is 0.557. The summed E-state index contributed by atoms with van der Waals surface area (Å²) in [6.45, 7) is 0. The lowest BCUT2D eigenvalue weighted by Gasteiger charge is -2.30. The largest absolute Gasteiger partial charge is 0.206 e. The second kappa shape index (κ2) is 6.93. The second-order valence-electron chi connectivity index (χ2n) is 4.84. The number of hydrogen-bond donors (Lipinski definition) is 0. The Morgan fingerprint density at radius 1 is 1.00 bits per heavy atom. The van der Waals surface area contributed by atoms with Crippen molar-refractivity contribution in [3.63, 3.8) is 0 Å². The Bertz CT molecular complexity index is 568. The standard InChI is InChI=1S/C16H14BrCl2F/c17-14-8-12(6-7-15(14)20)9-16(10-18,11-19)13-4-2-1-3-5-13/h1-8H,9-11H2. The molecule has 20 heavy (non-hydrogen) atoms. The Balaban J connectivity index is 2.36. The molecule has 106 valence electrons. The molecule has 0 aliphatic rings. The summed E-state index contributed by atoms with van der Waals surface area (Å²) in [5.41, 5.74) is 1.76. The first-order valence-corrected chi connectivity index (χ1v) is 8.09. The molecule has 0 nitrogen and oxygen atoms in total. The van der Waals surface area contributed by atoms with Gasteiger partial charge in [-0.2, -0.15) is 0 Å². The van der Waals surface area contributed by atoms with E-state index in [1.165, 1.54) is 6.07 Å². The van der Waals surface area contributed by atoms with Gasteiger partial charge in [-0.15, -0.1) is 23.2 Å². The monoisotopic (exact) mass is 374 g/mol. The highest BCUT2D eigenvalue weighted by Crippen LogP contribution is 2.32. The van der Waals surface area contributed by atoms with Crippen LogP contribution in [0.25, 0.3) is 0 Å². The van der Waals surface area contributed by atoms with Gasteiger partial charge in [0, 0.05) is 17.2 Å². The van der Waals surface area contributed by atoms with Gasteiger partial charge in [0.15, 0.2) is 0 Å². The molecule has 0 saturated heterocycles. The molecular weight excluding hydrogens is 362 g/mol. The minimum absolute atomic E-state index is 0.268. The van der Waals surface area contributed by atoms with E-state index in [4.69, 9.17) is 23.2 Å². The highest BCUT2D eigenvalue weighted by atomic mass is 79.9. The molecule has 0 N–H and O–H groups in total. The minimum atomic E-state index is -0.346. The number of hydrogen-bond acceptors (Lipinski definition) is 0. The van der Waals surface area contributed by atoms with Gasteiger partial charge in [0.05, 0.1) is 4.47 Å². The molecular formula is C16H14BrCl2F.